The molecule has 5 heteroatoms. The van der Waals surface area contributed by atoms with Crippen LogP contribution in [-0.2, 0) is 6.42 Å². The first kappa shape index (κ1) is 17.7. The zero-order valence-electron chi connectivity index (χ0n) is 15.8. The molecule has 2 heterocycles. The lowest BCUT2D eigenvalue weighted by Gasteiger charge is -2.32. The zero-order chi connectivity index (χ0) is 18.6. The quantitative estimate of drug-likeness (QED) is 0.863. The second kappa shape index (κ2) is 7.91. The molecule has 2 amide bonds. The summed E-state index contributed by atoms with van der Waals surface area (Å²) < 4.78 is 5.73. The maximum absolute atomic E-state index is 12.3. The number of hydrogen-bond donors (Lipinski definition) is 2. The van der Waals surface area contributed by atoms with E-state index in [-0.39, 0.29) is 12.1 Å². The second-order valence-corrected chi connectivity index (χ2v) is 7.63. The first-order valence-electron chi connectivity index (χ1n) is 9.80. The van der Waals surface area contributed by atoms with Gasteiger partial charge in [0.05, 0.1) is 6.04 Å². The van der Waals surface area contributed by atoms with Gasteiger partial charge < -0.3 is 20.3 Å². The fourth-order valence-corrected chi connectivity index (χ4v) is 3.80. The number of urea groups is 1. The van der Waals surface area contributed by atoms with Crippen LogP contribution >= 0.6 is 0 Å². The van der Waals surface area contributed by atoms with Crippen LogP contribution in [0.4, 0.5) is 16.2 Å². The molecular weight excluding hydrogens is 338 g/mol. The fraction of sp³-hybridized carbons (Fsp3) is 0.409. The van der Waals surface area contributed by atoms with Crippen molar-refractivity contribution < 1.29 is 9.53 Å². The predicted molar refractivity (Wildman–Crippen MR) is 109 cm³/mol. The van der Waals surface area contributed by atoms with Gasteiger partial charge in [-0.2, -0.15) is 0 Å². The summed E-state index contributed by atoms with van der Waals surface area (Å²) in [6.45, 7) is 5.03. The first-order chi connectivity index (χ1) is 13.2. The molecule has 2 aromatic carbocycles. The molecule has 0 spiro atoms. The van der Waals surface area contributed by atoms with Crippen molar-refractivity contribution in [2.45, 2.75) is 32.2 Å². The Morgan fingerprint density at radius 3 is 2.59 bits per heavy atom. The van der Waals surface area contributed by atoms with E-state index in [2.05, 4.69) is 34.6 Å². The number of fused-ring (bicyclic) bond motifs is 1. The summed E-state index contributed by atoms with van der Waals surface area (Å²) in [5, 5.41) is 5.93. The number of hydrogen-bond acceptors (Lipinski definition) is 3. The van der Waals surface area contributed by atoms with E-state index in [1.807, 2.05) is 36.4 Å². The van der Waals surface area contributed by atoms with Crippen LogP contribution in [-0.4, -0.2) is 31.8 Å². The molecule has 1 atom stereocenters. The lowest BCUT2D eigenvalue weighted by Crippen LogP contribution is -2.44. The van der Waals surface area contributed by atoms with Crippen LogP contribution in [0.15, 0.2) is 48.5 Å². The Hall–Kier alpha value is -2.69. The number of nitrogens with zero attached hydrogens (tertiary/aromatic N) is 1. The molecule has 0 radical (unpaired) electrons. The number of piperidine rings is 1. The van der Waals surface area contributed by atoms with Crippen molar-refractivity contribution in [1.29, 1.82) is 0 Å². The highest BCUT2D eigenvalue weighted by molar-refractivity contribution is 5.89. The normalized spacial score (nSPS) is 19.7. The predicted octanol–water partition coefficient (Wildman–Crippen LogP) is 4.05. The molecule has 142 valence electrons. The van der Waals surface area contributed by atoms with Gasteiger partial charge >= 0.3 is 6.03 Å². The number of carbonyl (C=O) groups is 1. The average Bonchev–Trinajstić information content (AvgIpc) is 2.69. The largest absolute Gasteiger partial charge is 0.491 e. The highest BCUT2D eigenvalue weighted by atomic mass is 16.5. The van der Waals surface area contributed by atoms with Crippen LogP contribution in [0.3, 0.4) is 0 Å². The van der Waals surface area contributed by atoms with Gasteiger partial charge in [-0.05, 0) is 61.1 Å². The first-order valence-corrected chi connectivity index (χ1v) is 9.80. The van der Waals surface area contributed by atoms with Crippen LogP contribution in [0.2, 0.25) is 0 Å². The van der Waals surface area contributed by atoms with E-state index in [0.717, 1.165) is 42.4 Å². The van der Waals surface area contributed by atoms with Crippen molar-refractivity contribution in [2.24, 2.45) is 5.92 Å². The molecule has 0 saturated carbocycles. The molecular formula is C22H27N3O2. The molecule has 2 aliphatic rings. The molecule has 1 fully saturated rings. The zero-order valence-corrected chi connectivity index (χ0v) is 15.8. The molecule has 0 aliphatic carbocycles. The SMILES string of the molecule is CC1CCN(c2ccc(NC(=O)NC3COc4ccccc4C3)cc2)CC1. The lowest BCUT2D eigenvalue weighted by molar-refractivity contribution is 0.222. The minimum Gasteiger partial charge on any atom is -0.491 e. The van der Waals surface area contributed by atoms with Crippen molar-refractivity contribution in [2.75, 3.05) is 29.9 Å². The molecule has 0 bridgehead atoms. The summed E-state index contributed by atoms with van der Waals surface area (Å²) >= 11 is 0. The van der Waals surface area contributed by atoms with Crippen molar-refractivity contribution in [3.8, 4) is 5.75 Å². The van der Waals surface area contributed by atoms with Crippen molar-refractivity contribution in [3.63, 3.8) is 0 Å². The van der Waals surface area contributed by atoms with E-state index in [1.54, 1.807) is 0 Å². The Morgan fingerprint density at radius 1 is 1.07 bits per heavy atom. The number of para-hydroxylation sites is 1. The van der Waals surface area contributed by atoms with E-state index in [1.165, 1.54) is 18.5 Å². The molecule has 2 aliphatic heterocycles. The topological polar surface area (TPSA) is 53.6 Å². The Bertz CT molecular complexity index is 782. The van der Waals surface area contributed by atoms with E-state index in [0.29, 0.717) is 6.61 Å². The number of rotatable bonds is 3. The Kier molecular flexibility index (Phi) is 5.19. The molecule has 0 aromatic heterocycles. The third-order valence-electron chi connectivity index (χ3n) is 5.49. The molecule has 1 unspecified atom stereocenters. The van der Waals surface area contributed by atoms with Gasteiger partial charge in [0.1, 0.15) is 12.4 Å². The van der Waals surface area contributed by atoms with Gasteiger partial charge in [0, 0.05) is 24.5 Å². The van der Waals surface area contributed by atoms with Crippen LogP contribution in [0, 0.1) is 5.92 Å². The Morgan fingerprint density at radius 2 is 1.81 bits per heavy atom. The van der Waals surface area contributed by atoms with E-state index in [9.17, 15) is 4.79 Å². The van der Waals surface area contributed by atoms with Crippen LogP contribution in [0.25, 0.3) is 0 Å². The standard InChI is InChI=1S/C22H27N3O2/c1-16-10-12-25(13-11-16)20-8-6-18(7-9-20)23-22(26)24-19-14-17-4-2-3-5-21(17)27-15-19/h2-9,16,19H,10-15H2,1H3,(H2,23,24,26). The van der Waals surface area contributed by atoms with E-state index in [4.69, 9.17) is 4.74 Å². The molecule has 5 nitrogen and oxygen atoms in total. The number of benzene rings is 2. The third kappa shape index (κ3) is 4.35. The van der Waals surface area contributed by atoms with Crippen molar-refractivity contribution in [3.05, 3.63) is 54.1 Å². The summed E-state index contributed by atoms with van der Waals surface area (Å²) in [6, 6.07) is 15.9. The van der Waals surface area contributed by atoms with Crippen LogP contribution in [0.1, 0.15) is 25.3 Å². The molecule has 2 N–H and O–H groups in total. The fourth-order valence-electron chi connectivity index (χ4n) is 3.80. The van der Waals surface area contributed by atoms with Gasteiger partial charge in [0.15, 0.2) is 0 Å². The van der Waals surface area contributed by atoms with Gasteiger partial charge in [-0.15, -0.1) is 0 Å². The summed E-state index contributed by atoms with van der Waals surface area (Å²) in [5.41, 5.74) is 3.16. The average molecular weight is 365 g/mol. The monoisotopic (exact) mass is 365 g/mol. The van der Waals surface area contributed by atoms with Gasteiger partial charge in [0.2, 0.25) is 0 Å². The molecule has 4 rings (SSSR count). The van der Waals surface area contributed by atoms with Gasteiger partial charge in [-0.1, -0.05) is 25.1 Å². The minimum absolute atomic E-state index is 0.0190. The molecule has 1 saturated heterocycles. The Balaban J connectivity index is 1.30. The highest BCUT2D eigenvalue weighted by Crippen LogP contribution is 2.25. The molecule has 27 heavy (non-hydrogen) atoms. The summed E-state index contributed by atoms with van der Waals surface area (Å²) in [4.78, 5) is 14.7. The molecule has 2 aromatic rings. The number of amides is 2. The van der Waals surface area contributed by atoms with Crippen molar-refractivity contribution >= 4 is 17.4 Å². The van der Waals surface area contributed by atoms with E-state index >= 15 is 0 Å². The summed E-state index contributed by atoms with van der Waals surface area (Å²) in [7, 11) is 0. The summed E-state index contributed by atoms with van der Waals surface area (Å²) in [5.74, 6) is 1.74. The number of ether oxygens (including phenoxy) is 1. The second-order valence-electron chi connectivity index (χ2n) is 7.63. The number of anilines is 2. The van der Waals surface area contributed by atoms with Gasteiger partial charge in [-0.3, -0.25) is 0 Å². The van der Waals surface area contributed by atoms with Crippen LogP contribution < -0.4 is 20.3 Å². The van der Waals surface area contributed by atoms with E-state index < -0.39 is 0 Å². The van der Waals surface area contributed by atoms with Gasteiger partial charge in [0.25, 0.3) is 0 Å². The minimum atomic E-state index is -0.192. The smallest absolute Gasteiger partial charge is 0.319 e. The van der Waals surface area contributed by atoms with Crippen molar-refractivity contribution in [1.82, 2.24) is 5.32 Å². The van der Waals surface area contributed by atoms with Crippen LogP contribution in [0.5, 0.6) is 5.75 Å². The maximum Gasteiger partial charge on any atom is 0.319 e. The number of nitrogens with one attached hydrogen (secondary N) is 2. The third-order valence-corrected chi connectivity index (χ3v) is 5.49. The number of carbonyl (C=O) groups excluding carboxylic acids is 1. The summed E-state index contributed by atoms with van der Waals surface area (Å²) in [6.07, 6.45) is 3.28. The van der Waals surface area contributed by atoms with Gasteiger partial charge in [-0.25, -0.2) is 4.79 Å². The maximum atomic E-state index is 12.3. The Labute approximate surface area is 160 Å². The highest BCUT2D eigenvalue weighted by Gasteiger charge is 2.21. The lowest BCUT2D eigenvalue weighted by atomic mass is 9.99.